The SMILES string of the molecule is Cc1nc(-c2ccccc2)sc1-c1ccc(SCc2ccc(Br)cc2)nn1. The second-order valence-electron chi connectivity index (χ2n) is 5.97. The first-order chi connectivity index (χ1) is 13.2. The summed E-state index contributed by atoms with van der Waals surface area (Å²) in [5.74, 6) is 0.874. The number of aromatic nitrogens is 3. The van der Waals surface area contributed by atoms with Crippen LogP contribution in [-0.2, 0) is 5.75 Å². The number of benzene rings is 2. The number of halogens is 1. The molecule has 0 aliphatic carbocycles. The van der Waals surface area contributed by atoms with E-state index < -0.39 is 0 Å². The summed E-state index contributed by atoms with van der Waals surface area (Å²) in [4.78, 5) is 5.78. The van der Waals surface area contributed by atoms with Crippen molar-refractivity contribution in [2.24, 2.45) is 0 Å². The van der Waals surface area contributed by atoms with Crippen LogP contribution in [-0.4, -0.2) is 15.2 Å². The van der Waals surface area contributed by atoms with Gasteiger partial charge in [0.1, 0.15) is 15.7 Å². The van der Waals surface area contributed by atoms with Crippen molar-refractivity contribution in [1.82, 2.24) is 15.2 Å². The van der Waals surface area contributed by atoms with Gasteiger partial charge in [-0.05, 0) is 36.8 Å². The standard InChI is InChI=1S/C21H16BrN3S2/c1-14-20(27-21(23-14)16-5-3-2-4-6-16)18-11-12-19(25-24-18)26-13-15-7-9-17(22)10-8-15/h2-12H,13H2,1H3. The third-order valence-corrected chi connectivity index (χ3v) is 6.74. The van der Waals surface area contributed by atoms with E-state index in [1.54, 1.807) is 23.1 Å². The second kappa shape index (κ2) is 8.33. The molecular formula is C21H16BrN3S2. The molecule has 4 rings (SSSR count). The van der Waals surface area contributed by atoms with Crippen LogP contribution in [0.2, 0.25) is 0 Å². The number of hydrogen-bond acceptors (Lipinski definition) is 5. The quantitative estimate of drug-likeness (QED) is 0.317. The molecule has 0 bridgehead atoms. The Hall–Kier alpha value is -2.02. The number of hydrogen-bond donors (Lipinski definition) is 0. The Labute approximate surface area is 175 Å². The van der Waals surface area contributed by atoms with E-state index in [9.17, 15) is 0 Å². The zero-order valence-corrected chi connectivity index (χ0v) is 17.8. The van der Waals surface area contributed by atoms with Gasteiger partial charge >= 0.3 is 0 Å². The monoisotopic (exact) mass is 453 g/mol. The van der Waals surface area contributed by atoms with Gasteiger partial charge in [0.25, 0.3) is 0 Å². The Morgan fingerprint density at radius 2 is 1.70 bits per heavy atom. The molecular weight excluding hydrogens is 438 g/mol. The van der Waals surface area contributed by atoms with Crippen LogP contribution in [0.5, 0.6) is 0 Å². The van der Waals surface area contributed by atoms with Crippen molar-refractivity contribution >= 4 is 39.0 Å². The highest BCUT2D eigenvalue weighted by molar-refractivity contribution is 9.10. The zero-order chi connectivity index (χ0) is 18.6. The van der Waals surface area contributed by atoms with Crippen molar-refractivity contribution in [2.45, 2.75) is 17.7 Å². The summed E-state index contributed by atoms with van der Waals surface area (Å²) in [7, 11) is 0. The molecule has 3 nitrogen and oxygen atoms in total. The highest BCUT2D eigenvalue weighted by atomic mass is 79.9. The van der Waals surface area contributed by atoms with Crippen molar-refractivity contribution in [2.75, 3.05) is 0 Å². The zero-order valence-electron chi connectivity index (χ0n) is 14.6. The Morgan fingerprint density at radius 3 is 2.41 bits per heavy atom. The minimum Gasteiger partial charge on any atom is -0.241 e. The second-order valence-corrected chi connectivity index (χ2v) is 8.88. The molecule has 0 unspecified atom stereocenters. The van der Waals surface area contributed by atoms with Gasteiger partial charge in [-0.25, -0.2) is 4.98 Å². The lowest BCUT2D eigenvalue weighted by Gasteiger charge is -2.02. The molecule has 0 amide bonds. The number of aryl methyl sites for hydroxylation is 1. The first kappa shape index (κ1) is 18.3. The van der Waals surface area contributed by atoms with Gasteiger partial charge in [0.15, 0.2) is 0 Å². The highest BCUT2D eigenvalue weighted by Gasteiger charge is 2.13. The Morgan fingerprint density at radius 1 is 0.926 bits per heavy atom. The topological polar surface area (TPSA) is 38.7 Å². The third-order valence-electron chi connectivity index (χ3n) is 3.99. The number of thiazole rings is 1. The Bertz CT molecular complexity index is 1030. The van der Waals surface area contributed by atoms with Crippen LogP contribution in [0.25, 0.3) is 21.1 Å². The molecule has 4 aromatic rings. The summed E-state index contributed by atoms with van der Waals surface area (Å²) in [5.41, 5.74) is 4.26. The summed E-state index contributed by atoms with van der Waals surface area (Å²) < 4.78 is 1.09. The molecule has 134 valence electrons. The van der Waals surface area contributed by atoms with Crippen LogP contribution in [0.15, 0.2) is 76.2 Å². The predicted molar refractivity (Wildman–Crippen MR) is 117 cm³/mol. The molecule has 0 fully saturated rings. The molecule has 0 aliphatic rings. The highest BCUT2D eigenvalue weighted by Crippen LogP contribution is 2.34. The summed E-state index contributed by atoms with van der Waals surface area (Å²) in [6.45, 7) is 2.02. The maximum Gasteiger partial charge on any atom is 0.124 e. The molecule has 6 heteroatoms. The smallest absolute Gasteiger partial charge is 0.124 e. The van der Waals surface area contributed by atoms with Gasteiger partial charge < -0.3 is 0 Å². The molecule has 2 aromatic heterocycles. The van der Waals surface area contributed by atoms with Crippen LogP contribution >= 0.6 is 39.0 Å². The summed E-state index contributed by atoms with van der Waals surface area (Å²) in [5, 5.41) is 10.8. The minimum absolute atomic E-state index is 0.874. The molecule has 0 radical (unpaired) electrons. The molecule has 0 spiro atoms. The lowest BCUT2D eigenvalue weighted by molar-refractivity contribution is 0.936. The van der Waals surface area contributed by atoms with Gasteiger partial charge in [0.05, 0.1) is 10.6 Å². The molecule has 0 saturated heterocycles. The van der Waals surface area contributed by atoms with E-state index in [4.69, 9.17) is 4.98 Å². The third kappa shape index (κ3) is 4.46. The molecule has 2 heterocycles. The maximum atomic E-state index is 4.70. The molecule has 0 atom stereocenters. The number of nitrogens with zero attached hydrogens (tertiary/aromatic N) is 3. The van der Waals surface area contributed by atoms with Crippen molar-refractivity contribution in [3.05, 3.63) is 82.5 Å². The average molecular weight is 454 g/mol. The van der Waals surface area contributed by atoms with Crippen molar-refractivity contribution in [3.63, 3.8) is 0 Å². The molecule has 0 N–H and O–H groups in total. The lowest BCUT2D eigenvalue weighted by Crippen LogP contribution is -1.90. The lowest BCUT2D eigenvalue weighted by atomic mass is 10.2. The van der Waals surface area contributed by atoms with Crippen LogP contribution in [0.4, 0.5) is 0 Å². The molecule has 0 saturated carbocycles. The van der Waals surface area contributed by atoms with Crippen molar-refractivity contribution in [3.8, 4) is 21.1 Å². The van der Waals surface area contributed by atoms with Crippen LogP contribution in [0.1, 0.15) is 11.3 Å². The van der Waals surface area contributed by atoms with Gasteiger partial charge in [0.2, 0.25) is 0 Å². The maximum absolute atomic E-state index is 4.70. The number of thioether (sulfide) groups is 1. The van der Waals surface area contributed by atoms with Crippen LogP contribution < -0.4 is 0 Å². The summed E-state index contributed by atoms with van der Waals surface area (Å²) in [6.07, 6.45) is 0. The van der Waals surface area contributed by atoms with Crippen LogP contribution in [0, 0.1) is 6.92 Å². The fourth-order valence-electron chi connectivity index (χ4n) is 2.59. The first-order valence-electron chi connectivity index (χ1n) is 8.43. The first-order valence-corrected chi connectivity index (χ1v) is 11.0. The van der Waals surface area contributed by atoms with E-state index >= 15 is 0 Å². The van der Waals surface area contributed by atoms with Crippen LogP contribution in [0.3, 0.4) is 0 Å². The normalized spacial score (nSPS) is 10.9. The van der Waals surface area contributed by atoms with Crippen molar-refractivity contribution < 1.29 is 0 Å². The Kier molecular flexibility index (Phi) is 5.66. The summed E-state index contributed by atoms with van der Waals surface area (Å²) >= 11 is 6.81. The molecule has 2 aromatic carbocycles. The van der Waals surface area contributed by atoms with E-state index in [-0.39, 0.29) is 0 Å². The molecule has 27 heavy (non-hydrogen) atoms. The van der Waals surface area contributed by atoms with E-state index in [0.29, 0.717) is 0 Å². The van der Waals surface area contributed by atoms with Crippen molar-refractivity contribution in [1.29, 1.82) is 0 Å². The average Bonchev–Trinajstić information content (AvgIpc) is 3.10. The summed E-state index contributed by atoms with van der Waals surface area (Å²) in [6, 6.07) is 22.6. The fraction of sp³-hybridized carbons (Fsp3) is 0.0952. The van der Waals surface area contributed by atoms with E-state index in [1.807, 2.05) is 37.3 Å². The van der Waals surface area contributed by atoms with Gasteiger partial charge in [-0.3, -0.25) is 0 Å². The van der Waals surface area contributed by atoms with Gasteiger partial charge in [-0.15, -0.1) is 21.5 Å². The largest absolute Gasteiger partial charge is 0.241 e. The van der Waals surface area contributed by atoms with E-state index in [0.717, 1.165) is 42.1 Å². The number of rotatable bonds is 5. The molecule has 0 aliphatic heterocycles. The van der Waals surface area contributed by atoms with Gasteiger partial charge in [0, 0.05) is 15.8 Å². The predicted octanol–water partition coefficient (Wildman–Crippen LogP) is 6.63. The van der Waals surface area contributed by atoms with Gasteiger partial charge in [-0.1, -0.05) is 70.2 Å². The van der Waals surface area contributed by atoms with Gasteiger partial charge in [-0.2, -0.15) is 0 Å². The van der Waals surface area contributed by atoms with E-state index in [1.165, 1.54) is 5.56 Å². The Balaban J connectivity index is 1.49. The van der Waals surface area contributed by atoms with E-state index in [2.05, 4.69) is 62.5 Å². The fourth-order valence-corrected chi connectivity index (χ4v) is 4.67. The minimum atomic E-state index is 0.874.